The number of anilines is 1. The first-order valence-electron chi connectivity index (χ1n) is 7.17. The highest BCUT2D eigenvalue weighted by molar-refractivity contribution is 7.94. The highest BCUT2D eigenvalue weighted by Crippen LogP contribution is 2.29. The van der Waals surface area contributed by atoms with E-state index in [0.717, 1.165) is 22.4 Å². The molecule has 0 atom stereocenters. The fourth-order valence-electron chi connectivity index (χ4n) is 2.32. The Labute approximate surface area is 149 Å². The minimum absolute atomic E-state index is 0.175. The molecule has 2 heterocycles. The summed E-state index contributed by atoms with van der Waals surface area (Å²) in [6.07, 6.45) is 0. The number of hydrogen-bond acceptors (Lipinski definition) is 5. The van der Waals surface area contributed by atoms with Crippen molar-refractivity contribution in [3.63, 3.8) is 0 Å². The van der Waals surface area contributed by atoms with Gasteiger partial charge < -0.3 is 4.90 Å². The SMILES string of the molecule is CN(C)Cc1ccc2cccc(NS(=O)(=O)c3ccc(Cl)s3)c2n1. The number of thiophene rings is 1. The molecule has 0 aliphatic heterocycles. The van der Waals surface area contributed by atoms with E-state index in [4.69, 9.17) is 11.6 Å². The number of nitrogens with one attached hydrogen (secondary N) is 1. The Hall–Kier alpha value is -1.67. The van der Waals surface area contributed by atoms with E-state index in [2.05, 4.69) is 9.71 Å². The summed E-state index contributed by atoms with van der Waals surface area (Å²) in [5.74, 6) is 0. The van der Waals surface area contributed by atoms with E-state index in [1.54, 1.807) is 18.2 Å². The first kappa shape index (κ1) is 17.2. The summed E-state index contributed by atoms with van der Waals surface area (Å²) < 4.78 is 28.3. The van der Waals surface area contributed by atoms with E-state index in [9.17, 15) is 8.42 Å². The van der Waals surface area contributed by atoms with Crippen LogP contribution < -0.4 is 4.72 Å². The van der Waals surface area contributed by atoms with Crippen molar-refractivity contribution in [1.29, 1.82) is 0 Å². The van der Waals surface area contributed by atoms with E-state index < -0.39 is 10.0 Å². The number of para-hydroxylation sites is 1. The molecule has 0 bridgehead atoms. The fraction of sp³-hybridized carbons (Fsp3) is 0.188. The quantitative estimate of drug-likeness (QED) is 0.729. The molecule has 0 aliphatic rings. The molecule has 0 fully saturated rings. The van der Waals surface area contributed by atoms with Crippen LogP contribution in [0, 0.1) is 0 Å². The molecule has 0 saturated heterocycles. The number of aromatic nitrogens is 1. The lowest BCUT2D eigenvalue weighted by molar-refractivity contribution is 0.397. The average molecular weight is 382 g/mol. The number of sulfonamides is 1. The van der Waals surface area contributed by atoms with Crippen LogP contribution in [0.5, 0.6) is 0 Å². The standard InChI is InChI=1S/C16H16ClN3O2S2/c1-20(2)10-12-7-6-11-4-3-5-13(16(11)18-12)19-24(21,22)15-9-8-14(17)23-15/h3-9,19H,10H2,1-2H3. The molecular formula is C16H16ClN3O2S2. The molecule has 5 nitrogen and oxygen atoms in total. The van der Waals surface area contributed by atoms with Gasteiger partial charge in [0.2, 0.25) is 0 Å². The number of halogens is 1. The van der Waals surface area contributed by atoms with Crippen LogP contribution >= 0.6 is 22.9 Å². The van der Waals surface area contributed by atoms with E-state index in [-0.39, 0.29) is 4.21 Å². The first-order valence-corrected chi connectivity index (χ1v) is 9.84. The van der Waals surface area contributed by atoms with Gasteiger partial charge in [0.15, 0.2) is 0 Å². The molecule has 0 amide bonds. The third-order valence-electron chi connectivity index (χ3n) is 3.31. The zero-order valence-electron chi connectivity index (χ0n) is 13.2. The molecule has 1 aromatic carbocycles. The molecular weight excluding hydrogens is 366 g/mol. The maximum absolute atomic E-state index is 12.5. The van der Waals surface area contributed by atoms with Crippen LogP contribution in [0.15, 0.2) is 46.7 Å². The van der Waals surface area contributed by atoms with Gasteiger partial charge in [-0.2, -0.15) is 0 Å². The highest BCUT2D eigenvalue weighted by atomic mass is 35.5. The van der Waals surface area contributed by atoms with E-state index in [1.807, 2.05) is 37.2 Å². The Morgan fingerprint density at radius 2 is 1.96 bits per heavy atom. The Morgan fingerprint density at radius 3 is 2.62 bits per heavy atom. The van der Waals surface area contributed by atoms with Gasteiger partial charge in [-0.05, 0) is 38.4 Å². The molecule has 2 aromatic heterocycles. The van der Waals surface area contributed by atoms with E-state index in [0.29, 0.717) is 22.1 Å². The van der Waals surface area contributed by atoms with Gasteiger partial charge in [-0.25, -0.2) is 13.4 Å². The largest absolute Gasteiger partial charge is 0.304 e. The summed E-state index contributed by atoms with van der Waals surface area (Å²) >= 11 is 6.86. The monoisotopic (exact) mass is 381 g/mol. The highest BCUT2D eigenvalue weighted by Gasteiger charge is 2.18. The molecule has 24 heavy (non-hydrogen) atoms. The number of hydrogen-bond donors (Lipinski definition) is 1. The molecule has 0 saturated carbocycles. The topological polar surface area (TPSA) is 62.3 Å². The lowest BCUT2D eigenvalue weighted by Crippen LogP contribution is -2.13. The zero-order chi connectivity index (χ0) is 17.3. The van der Waals surface area contributed by atoms with Crippen molar-refractivity contribution in [2.45, 2.75) is 10.8 Å². The van der Waals surface area contributed by atoms with Crippen molar-refractivity contribution in [2.75, 3.05) is 18.8 Å². The van der Waals surface area contributed by atoms with Crippen LogP contribution in [-0.4, -0.2) is 32.4 Å². The van der Waals surface area contributed by atoms with Crippen molar-refractivity contribution >= 4 is 49.6 Å². The molecule has 0 radical (unpaired) electrons. The minimum atomic E-state index is -3.69. The van der Waals surface area contributed by atoms with E-state index >= 15 is 0 Å². The molecule has 126 valence electrons. The molecule has 1 N–H and O–H groups in total. The van der Waals surface area contributed by atoms with Gasteiger partial charge in [-0.3, -0.25) is 4.72 Å². The summed E-state index contributed by atoms with van der Waals surface area (Å²) in [6.45, 7) is 0.678. The molecule has 8 heteroatoms. The Balaban J connectivity index is 2.02. The van der Waals surface area contributed by atoms with Crippen molar-refractivity contribution < 1.29 is 8.42 Å². The summed E-state index contributed by atoms with van der Waals surface area (Å²) in [7, 11) is 0.232. The van der Waals surface area contributed by atoms with Gasteiger partial charge in [0.05, 0.1) is 21.2 Å². The predicted octanol–water partition coefficient (Wildman–Crippen LogP) is 3.81. The fourth-order valence-corrected chi connectivity index (χ4v) is 4.87. The maximum atomic E-state index is 12.5. The molecule has 0 spiro atoms. The maximum Gasteiger partial charge on any atom is 0.271 e. The minimum Gasteiger partial charge on any atom is -0.304 e. The number of rotatable bonds is 5. The Bertz CT molecular complexity index is 984. The summed E-state index contributed by atoms with van der Waals surface area (Å²) in [4.78, 5) is 6.62. The van der Waals surface area contributed by atoms with Gasteiger partial charge >= 0.3 is 0 Å². The number of fused-ring (bicyclic) bond motifs is 1. The molecule has 0 aliphatic carbocycles. The molecule has 3 aromatic rings. The van der Waals surface area contributed by atoms with Gasteiger partial charge in [0.1, 0.15) is 4.21 Å². The van der Waals surface area contributed by atoms with Crippen molar-refractivity contribution in [2.24, 2.45) is 0 Å². The second-order valence-corrected chi connectivity index (χ2v) is 9.21. The number of nitrogens with zero attached hydrogens (tertiary/aromatic N) is 2. The predicted molar refractivity (Wildman–Crippen MR) is 99.3 cm³/mol. The summed E-state index contributed by atoms with van der Waals surface area (Å²) in [5.41, 5.74) is 1.96. The summed E-state index contributed by atoms with van der Waals surface area (Å²) in [5, 5.41) is 0.877. The van der Waals surface area contributed by atoms with Crippen LogP contribution in [0.1, 0.15) is 5.69 Å². The van der Waals surface area contributed by atoms with Gasteiger partial charge in [0, 0.05) is 11.9 Å². The van der Waals surface area contributed by atoms with E-state index in [1.165, 1.54) is 6.07 Å². The third kappa shape index (κ3) is 3.70. The first-order chi connectivity index (χ1) is 11.3. The van der Waals surface area contributed by atoms with Crippen LogP contribution in [0.25, 0.3) is 10.9 Å². The second kappa shape index (κ2) is 6.68. The lowest BCUT2D eigenvalue weighted by atomic mass is 10.2. The average Bonchev–Trinajstić information content (AvgIpc) is 2.94. The van der Waals surface area contributed by atoms with Crippen molar-refractivity contribution in [1.82, 2.24) is 9.88 Å². The van der Waals surface area contributed by atoms with Crippen LogP contribution in [0.2, 0.25) is 4.34 Å². The van der Waals surface area contributed by atoms with Crippen molar-refractivity contribution in [3.8, 4) is 0 Å². The van der Waals surface area contributed by atoms with Crippen LogP contribution in [0.3, 0.4) is 0 Å². The zero-order valence-corrected chi connectivity index (χ0v) is 15.5. The Morgan fingerprint density at radius 1 is 1.17 bits per heavy atom. The van der Waals surface area contributed by atoms with Crippen molar-refractivity contribution in [3.05, 3.63) is 52.5 Å². The molecule has 3 rings (SSSR count). The van der Waals surface area contributed by atoms with Crippen LogP contribution in [0.4, 0.5) is 5.69 Å². The lowest BCUT2D eigenvalue weighted by Gasteiger charge is -2.12. The van der Waals surface area contributed by atoms with Crippen LogP contribution in [-0.2, 0) is 16.6 Å². The Kier molecular flexibility index (Phi) is 4.78. The molecule has 0 unspecified atom stereocenters. The normalized spacial score (nSPS) is 12.0. The number of benzene rings is 1. The smallest absolute Gasteiger partial charge is 0.271 e. The number of pyridine rings is 1. The van der Waals surface area contributed by atoms with Gasteiger partial charge in [-0.1, -0.05) is 29.8 Å². The van der Waals surface area contributed by atoms with Gasteiger partial charge in [0.25, 0.3) is 10.0 Å². The summed E-state index contributed by atoms with van der Waals surface area (Å²) in [6, 6.07) is 12.4. The second-order valence-electron chi connectivity index (χ2n) is 5.58. The van der Waals surface area contributed by atoms with Gasteiger partial charge in [-0.15, -0.1) is 11.3 Å². The third-order valence-corrected chi connectivity index (χ3v) is 6.40.